The second-order valence-corrected chi connectivity index (χ2v) is 7.83. The second-order valence-electron chi connectivity index (χ2n) is 7.83. The number of amides is 2. The van der Waals surface area contributed by atoms with Gasteiger partial charge < -0.3 is 15.4 Å². The van der Waals surface area contributed by atoms with E-state index in [1.807, 2.05) is 78.9 Å². The topological polar surface area (TPSA) is 85.2 Å². The van der Waals surface area contributed by atoms with Crippen molar-refractivity contribution in [2.45, 2.75) is 19.4 Å². The molecule has 1 aromatic heterocycles. The van der Waals surface area contributed by atoms with Crippen LogP contribution in [0.4, 0.5) is 11.5 Å². The summed E-state index contributed by atoms with van der Waals surface area (Å²) in [6.07, 6.45) is 0.983. The Labute approximate surface area is 198 Å². The maximum atomic E-state index is 12.7. The van der Waals surface area contributed by atoms with Crippen molar-refractivity contribution in [3.63, 3.8) is 0 Å². The largest absolute Gasteiger partial charge is 0.489 e. The first kappa shape index (κ1) is 22.8. The number of carbonyl (C=O) groups excluding carboxylic acids is 2. The molecule has 0 saturated heterocycles. The van der Waals surface area contributed by atoms with E-state index in [0.717, 1.165) is 16.9 Å². The first-order valence-electron chi connectivity index (χ1n) is 11.0. The molecule has 7 nitrogen and oxygen atoms in total. The van der Waals surface area contributed by atoms with Crippen LogP contribution in [0.3, 0.4) is 0 Å². The number of aryl methyl sites for hydroxylation is 2. The number of nitrogens with one attached hydrogen (secondary N) is 2. The number of benzene rings is 3. The number of aromatic nitrogens is 2. The Morgan fingerprint density at radius 2 is 1.56 bits per heavy atom. The minimum atomic E-state index is -0.360. The number of rotatable bonds is 9. The van der Waals surface area contributed by atoms with Crippen molar-refractivity contribution in [2.75, 3.05) is 10.6 Å². The molecule has 34 heavy (non-hydrogen) atoms. The van der Waals surface area contributed by atoms with Crippen LogP contribution in [0.15, 0.2) is 91.0 Å². The first-order chi connectivity index (χ1) is 16.6. The summed E-state index contributed by atoms with van der Waals surface area (Å²) in [4.78, 5) is 25.1. The van der Waals surface area contributed by atoms with Gasteiger partial charge in [0.15, 0.2) is 5.69 Å². The fourth-order valence-electron chi connectivity index (χ4n) is 3.42. The van der Waals surface area contributed by atoms with Crippen molar-refractivity contribution in [1.29, 1.82) is 0 Å². The van der Waals surface area contributed by atoms with Crippen molar-refractivity contribution < 1.29 is 14.3 Å². The predicted octanol–water partition coefficient (Wildman–Crippen LogP) is 4.82. The molecule has 0 saturated carbocycles. The molecule has 1 heterocycles. The summed E-state index contributed by atoms with van der Waals surface area (Å²) in [6.45, 7) is 0.385. The maximum absolute atomic E-state index is 12.7. The van der Waals surface area contributed by atoms with E-state index < -0.39 is 0 Å². The van der Waals surface area contributed by atoms with E-state index >= 15 is 0 Å². The Bertz CT molecular complexity index is 1250. The molecule has 0 aliphatic carbocycles. The lowest BCUT2D eigenvalue weighted by molar-refractivity contribution is -0.116. The van der Waals surface area contributed by atoms with Crippen molar-refractivity contribution in [3.8, 4) is 5.75 Å². The zero-order chi connectivity index (χ0) is 23.8. The molecule has 4 aromatic rings. The predicted molar refractivity (Wildman–Crippen MR) is 132 cm³/mol. The number of anilines is 2. The number of nitrogens with zero attached hydrogens (tertiary/aromatic N) is 2. The van der Waals surface area contributed by atoms with E-state index in [4.69, 9.17) is 4.74 Å². The summed E-state index contributed by atoms with van der Waals surface area (Å²) < 4.78 is 7.26. The van der Waals surface area contributed by atoms with Crippen LogP contribution in [0.1, 0.15) is 28.0 Å². The summed E-state index contributed by atoms with van der Waals surface area (Å²) in [7, 11) is 1.69. The fourth-order valence-corrected chi connectivity index (χ4v) is 3.42. The van der Waals surface area contributed by atoms with Crippen LogP contribution in [0, 0.1) is 0 Å². The molecule has 0 unspecified atom stereocenters. The van der Waals surface area contributed by atoms with Crippen LogP contribution in [0.5, 0.6) is 5.75 Å². The highest BCUT2D eigenvalue weighted by atomic mass is 16.5. The molecule has 0 fully saturated rings. The van der Waals surface area contributed by atoms with Gasteiger partial charge in [-0.1, -0.05) is 60.7 Å². The number of hydrogen-bond acceptors (Lipinski definition) is 4. The molecule has 0 aliphatic rings. The lowest BCUT2D eigenvalue weighted by Crippen LogP contribution is -2.14. The number of para-hydroxylation sites is 1. The number of hydrogen-bond donors (Lipinski definition) is 2. The molecule has 0 atom stereocenters. The molecule has 0 spiro atoms. The minimum Gasteiger partial charge on any atom is -0.489 e. The maximum Gasteiger partial charge on any atom is 0.276 e. The van der Waals surface area contributed by atoms with Crippen LogP contribution < -0.4 is 15.4 Å². The lowest BCUT2D eigenvalue weighted by atomic mass is 10.1. The van der Waals surface area contributed by atoms with Crippen LogP contribution in [-0.4, -0.2) is 21.6 Å². The third-order valence-electron chi connectivity index (χ3n) is 5.20. The van der Waals surface area contributed by atoms with Gasteiger partial charge in [0.1, 0.15) is 18.2 Å². The summed E-state index contributed by atoms with van der Waals surface area (Å²) in [5.74, 6) is 0.753. The van der Waals surface area contributed by atoms with E-state index in [2.05, 4.69) is 15.7 Å². The van der Waals surface area contributed by atoms with Gasteiger partial charge in [0.25, 0.3) is 5.91 Å². The zero-order valence-electron chi connectivity index (χ0n) is 18.9. The molecule has 7 heteroatoms. The Hall–Kier alpha value is -4.39. The van der Waals surface area contributed by atoms with Crippen LogP contribution in [0.2, 0.25) is 0 Å². The Morgan fingerprint density at radius 1 is 0.853 bits per heavy atom. The van der Waals surface area contributed by atoms with E-state index in [0.29, 0.717) is 31.0 Å². The summed E-state index contributed by atoms with van der Waals surface area (Å²) >= 11 is 0. The van der Waals surface area contributed by atoms with Crippen LogP contribution in [-0.2, 0) is 24.9 Å². The van der Waals surface area contributed by atoms with Gasteiger partial charge in [0, 0.05) is 25.2 Å². The van der Waals surface area contributed by atoms with Gasteiger partial charge in [-0.25, -0.2) is 0 Å². The van der Waals surface area contributed by atoms with Gasteiger partial charge >= 0.3 is 0 Å². The van der Waals surface area contributed by atoms with Crippen molar-refractivity contribution in [2.24, 2.45) is 7.05 Å². The first-order valence-corrected chi connectivity index (χ1v) is 11.0. The van der Waals surface area contributed by atoms with Gasteiger partial charge in [-0.2, -0.15) is 5.10 Å². The van der Waals surface area contributed by atoms with Gasteiger partial charge in [0.2, 0.25) is 5.91 Å². The highest BCUT2D eigenvalue weighted by Gasteiger charge is 2.15. The molecule has 4 rings (SSSR count). The SMILES string of the molecule is Cn1nc(C(=O)Nc2cccc(COc3ccccc3)c2)cc1NC(=O)CCc1ccccc1. The van der Waals surface area contributed by atoms with E-state index in [1.165, 1.54) is 4.68 Å². The standard InChI is InChI=1S/C27H26N4O3/c1-31-25(29-26(32)16-15-20-9-4-2-5-10-20)18-24(30-31)27(33)28-22-12-8-11-21(17-22)19-34-23-13-6-3-7-14-23/h2-14,17-18H,15-16,19H2,1H3,(H,28,33)(H,29,32). The summed E-state index contributed by atoms with van der Waals surface area (Å²) in [6, 6.07) is 28.4. The fraction of sp³-hybridized carbons (Fsp3) is 0.148. The molecule has 2 amide bonds. The van der Waals surface area contributed by atoms with E-state index in [1.54, 1.807) is 19.2 Å². The average molecular weight is 455 g/mol. The van der Waals surface area contributed by atoms with Crippen LogP contribution >= 0.6 is 0 Å². The summed E-state index contributed by atoms with van der Waals surface area (Å²) in [5.41, 5.74) is 2.87. The van der Waals surface area contributed by atoms with Gasteiger partial charge in [-0.15, -0.1) is 0 Å². The van der Waals surface area contributed by atoms with Crippen molar-refractivity contribution in [1.82, 2.24) is 9.78 Å². The van der Waals surface area contributed by atoms with Crippen LogP contribution in [0.25, 0.3) is 0 Å². The smallest absolute Gasteiger partial charge is 0.276 e. The molecule has 0 bridgehead atoms. The molecule has 0 aliphatic heterocycles. The molecular formula is C27H26N4O3. The quantitative estimate of drug-likeness (QED) is 0.380. The van der Waals surface area contributed by atoms with Crippen molar-refractivity contribution in [3.05, 3.63) is 108 Å². The molecule has 3 aromatic carbocycles. The molecule has 172 valence electrons. The highest BCUT2D eigenvalue weighted by molar-refractivity contribution is 6.04. The van der Waals surface area contributed by atoms with E-state index in [9.17, 15) is 9.59 Å². The van der Waals surface area contributed by atoms with E-state index in [-0.39, 0.29) is 17.5 Å². The Balaban J connectivity index is 1.33. The highest BCUT2D eigenvalue weighted by Crippen LogP contribution is 2.17. The number of carbonyl (C=O) groups is 2. The molecule has 2 N–H and O–H groups in total. The Kier molecular flexibility index (Phi) is 7.35. The van der Waals surface area contributed by atoms with Gasteiger partial charge in [0.05, 0.1) is 0 Å². The zero-order valence-corrected chi connectivity index (χ0v) is 18.9. The lowest BCUT2D eigenvalue weighted by Gasteiger charge is -2.08. The average Bonchev–Trinajstić information content (AvgIpc) is 3.23. The molecule has 0 radical (unpaired) electrons. The second kappa shape index (κ2) is 11.0. The monoisotopic (exact) mass is 454 g/mol. The minimum absolute atomic E-state index is 0.134. The van der Waals surface area contributed by atoms with Gasteiger partial charge in [-0.3, -0.25) is 14.3 Å². The number of ether oxygens (including phenoxy) is 1. The summed E-state index contributed by atoms with van der Waals surface area (Å²) in [5, 5.41) is 9.92. The normalized spacial score (nSPS) is 10.5. The van der Waals surface area contributed by atoms with Crippen molar-refractivity contribution >= 4 is 23.3 Å². The van der Waals surface area contributed by atoms with Gasteiger partial charge in [-0.05, 0) is 41.8 Å². The molecular weight excluding hydrogens is 428 g/mol. The Morgan fingerprint density at radius 3 is 2.32 bits per heavy atom. The third kappa shape index (κ3) is 6.32. The third-order valence-corrected chi connectivity index (χ3v) is 5.20.